The molecule has 3 nitrogen and oxygen atoms in total. The van der Waals surface area contributed by atoms with E-state index in [1.807, 2.05) is 91.0 Å². The van der Waals surface area contributed by atoms with Gasteiger partial charge in [0.25, 0.3) is 0 Å². The summed E-state index contributed by atoms with van der Waals surface area (Å²) in [4.78, 5) is 0. The molecule has 0 bridgehead atoms. The van der Waals surface area contributed by atoms with Crippen molar-refractivity contribution in [3.05, 3.63) is 91.0 Å². The van der Waals surface area contributed by atoms with Gasteiger partial charge in [0.15, 0.2) is 11.4 Å². The van der Waals surface area contributed by atoms with Crippen LogP contribution < -0.4 is 14.2 Å². The summed E-state index contributed by atoms with van der Waals surface area (Å²) >= 11 is 70.0. The number of alkyl halides is 12. The van der Waals surface area contributed by atoms with Crippen LogP contribution in [0.3, 0.4) is 0 Å². The van der Waals surface area contributed by atoms with E-state index >= 15 is 0 Å². The van der Waals surface area contributed by atoms with E-state index in [1.165, 1.54) is 0 Å². The lowest BCUT2D eigenvalue weighted by molar-refractivity contribution is 0.898. The van der Waals surface area contributed by atoms with Crippen LogP contribution in [0, 0.1) is 0 Å². The Morgan fingerprint density at radius 2 is 0.622 bits per heavy atom. The summed E-state index contributed by atoms with van der Waals surface area (Å²) in [5.41, 5.74) is 2.67. The van der Waals surface area contributed by atoms with Gasteiger partial charge in [-0.1, -0.05) is 207 Å². The van der Waals surface area contributed by atoms with E-state index in [0.29, 0.717) is 0 Å². The van der Waals surface area contributed by atoms with Crippen molar-refractivity contribution in [3.8, 4) is 0 Å². The summed E-state index contributed by atoms with van der Waals surface area (Å²) in [6.07, 6.45) is 0.484. The number of nitrogens with zero attached hydrogens (tertiary/aromatic N) is 3. The zero-order valence-electron chi connectivity index (χ0n) is 23.1. The monoisotopic (exact) mass is 975 g/mol. The van der Waals surface area contributed by atoms with Crippen LogP contribution in [0.2, 0.25) is 0 Å². The Labute approximate surface area is 336 Å². The molecule has 0 amide bonds. The normalized spacial score (nSPS) is 17.1. The summed E-state index contributed by atoms with van der Waals surface area (Å²) in [5, 5.41) is 0. The Kier molecular flexibility index (Phi) is 14.4. The molecule has 3 aromatic rings. The minimum absolute atomic E-state index is 0.161. The molecule has 0 aliphatic carbocycles. The summed E-state index contributed by atoms with van der Waals surface area (Å²) in [6, 6.07) is 29.9. The molecule has 3 atom stereocenters. The fourth-order valence-electron chi connectivity index (χ4n) is 5.61. The summed E-state index contributed by atoms with van der Waals surface area (Å²) in [7, 11) is 0. The van der Waals surface area contributed by atoms with Crippen molar-refractivity contribution in [2.45, 2.75) is 44.8 Å². The topological polar surface area (TPSA) is 9.72 Å². The fourth-order valence-corrected chi connectivity index (χ4v) is 11.8. The molecule has 0 N–H and O–H groups in total. The third-order valence-electron chi connectivity index (χ3n) is 7.12. The molecular weight excluding hydrogens is 958 g/mol. The predicted octanol–water partition coefficient (Wildman–Crippen LogP) is 12.2. The number of rotatable bonds is 9. The van der Waals surface area contributed by atoms with Gasteiger partial charge in [-0.05, 0) is 36.4 Å². The van der Waals surface area contributed by atoms with Crippen molar-refractivity contribution < 1.29 is 0 Å². The van der Waals surface area contributed by atoms with E-state index in [2.05, 4.69) is 62.0 Å². The SMILES string of the molecule is ClC(Cl)(Cl)CC(Br)B1N(c2ccccc2)B(C(Br)CC(Cl)(Cl)Cl)N(c2ccccc2)B(C(Br)CC(Cl)(Cl)Cl)N1c1ccccc1. The molecule has 0 radical (unpaired) electrons. The van der Waals surface area contributed by atoms with Crippen molar-refractivity contribution in [2.24, 2.45) is 0 Å². The lowest BCUT2D eigenvalue weighted by atomic mass is 9.38. The molecule has 45 heavy (non-hydrogen) atoms. The molecule has 0 aromatic heterocycles. The molecule has 1 aliphatic rings. The van der Waals surface area contributed by atoms with Gasteiger partial charge in [0, 0.05) is 50.5 Å². The van der Waals surface area contributed by atoms with Crippen molar-refractivity contribution in [3.63, 3.8) is 0 Å². The maximum absolute atomic E-state index is 6.46. The number of benzene rings is 3. The molecule has 1 aliphatic heterocycles. The molecule has 1 heterocycles. The third-order valence-corrected chi connectivity index (χ3v) is 10.9. The molecule has 3 aromatic carbocycles. The summed E-state index contributed by atoms with van der Waals surface area (Å²) in [6.45, 7) is -1.44. The van der Waals surface area contributed by atoms with Crippen LogP contribution in [0.4, 0.5) is 17.1 Å². The average molecular weight is 982 g/mol. The van der Waals surface area contributed by atoms with Crippen molar-refractivity contribution >= 4 is 190 Å². The quantitative estimate of drug-likeness (QED) is 0.156. The lowest BCUT2D eigenvalue weighted by Gasteiger charge is -2.60. The first kappa shape index (κ1) is 39.1. The molecule has 0 spiro atoms. The first-order chi connectivity index (χ1) is 21.0. The highest BCUT2D eigenvalue weighted by Crippen LogP contribution is 2.46. The lowest BCUT2D eigenvalue weighted by Crippen LogP contribution is -2.84. The molecule has 1 saturated heterocycles. The third kappa shape index (κ3) is 10.9. The minimum Gasteiger partial charge on any atom is -0.423 e. The highest BCUT2D eigenvalue weighted by molar-refractivity contribution is 9.10. The Balaban J connectivity index is 2.10. The zero-order chi connectivity index (χ0) is 33.2. The van der Waals surface area contributed by atoms with Gasteiger partial charge < -0.3 is 14.2 Å². The molecule has 240 valence electrons. The first-order valence-electron chi connectivity index (χ1n) is 13.6. The first-order valence-corrected chi connectivity index (χ1v) is 19.7. The molecule has 1 fully saturated rings. The van der Waals surface area contributed by atoms with Gasteiger partial charge in [-0.3, -0.25) is 0 Å². The predicted molar refractivity (Wildman–Crippen MR) is 217 cm³/mol. The second-order valence-electron chi connectivity index (χ2n) is 10.5. The van der Waals surface area contributed by atoms with Crippen molar-refractivity contribution in [1.29, 1.82) is 0 Å². The number of hydrogen-bond acceptors (Lipinski definition) is 3. The largest absolute Gasteiger partial charge is 0.423 e. The van der Waals surface area contributed by atoms with Gasteiger partial charge in [0.1, 0.15) is 0 Å². The van der Waals surface area contributed by atoms with Crippen LogP contribution in [0.1, 0.15) is 19.3 Å². The van der Waals surface area contributed by atoms with Crippen LogP contribution in [0.5, 0.6) is 0 Å². The summed E-state index contributed by atoms with van der Waals surface area (Å²) in [5.74, 6) is 0. The molecule has 18 heteroatoms. The summed E-state index contributed by atoms with van der Waals surface area (Å²) < 4.78 is 0.840. The van der Waals surface area contributed by atoms with Gasteiger partial charge >= 0.3 is 20.9 Å². The zero-order valence-corrected chi connectivity index (χ0v) is 34.7. The van der Waals surface area contributed by atoms with Gasteiger partial charge in [0.2, 0.25) is 0 Å². The number of anilines is 3. The van der Waals surface area contributed by atoms with Crippen molar-refractivity contribution in [1.82, 2.24) is 0 Å². The van der Waals surface area contributed by atoms with Gasteiger partial charge in [0.05, 0.1) is 0 Å². The molecule has 3 unspecified atom stereocenters. The van der Waals surface area contributed by atoms with Crippen LogP contribution in [-0.2, 0) is 0 Å². The number of hydrogen-bond donors (Lipinski definition) is 0. The standard InChI is InChI=1S/C27H24B3Br3Cl9N3/c31-22(16-25(34,35)36)28-43(19-10-4-1-5-11-19)29(23(32)17-26(37,38)39)45(21-14-8-3-9-15-21)30(24(33)18-27(40,41)42)44(28)20-12-6-2-7-13-20/h1-15,22-24H,16-18H2. The minimum atomic E-state index is -1.57. The number of para-hydroxylation sites is 3. The van der Waals surface area contributed by atoms with E-state index in [-0.39, 0.29) is 19.3 Å². The van der Waals surface area contributed by atoms with E-state index in [9.17, 15) is 0 Å². The van der Waals surface area contributed by atoms with Crippen molar-refractivity contribution in [2.75, 3.05) is 14.2 Å². The van der Waals surface area contributed by atoms with E-state index in [1.54, 1.807) is 0 Å². The average Bonchev–Trinajstić information content (AvgIpc) is 2.94. The Hall–Kier alpha value is 1.30. The van der Waals surface area contributed by atoms with Gasteiger partial charge in [-0.15, -0.1) is 0 Å². The Morgan fingerprint density at radius 3 is 0.800 bits per heavy atom. The second-order valence-corrected chi connectivity index (χ2v) is 21.6. The smallest absolute Gasteiger partial charge is 0.367 e. The van der Waals surface area contributed by atoms with E-state index < -0.39 is 46.5 Å². The Bertz CT molecular complexity index is 1180. The fraction of sp³-hybridized carbons (Fsp3) is 0.333. The highest BCUT2D eigenvalue weighted by atomic mass is 79.9. The van der Waals surface area contributed by atoms with Gasteiger partial charge in [-0.2, -0.15) is 0 Å². The van der Waals surface area contributed by atoms with Gasteiger partial charge in [-0.25, -0.2) is 0 Å². The Morgan fingerprint density at radius 1 is 0.422 bits per heavy atom. The van der Waals surface area contributed by atoms with Crippen LogP contribution in [0.15, 0.2) is 91.0 Å². The number of halogens is 12. The maximum Gasteiger partial charge on any atom is 0.367 e. The molecular formula is C27H24B3Br3Cl9N3. The molecule has 0 saturated carbocycles. The second kappa shape index (κ2) is 16.5. The van der Waals surface area contributed by atoms with E-state index in [0.717, 1.165) is 17.1 Å². The maximum atomic E-state index is 6.46. The van der Waals surface area contributed by atoms with Crippen LogP contribution in [0.25, 0.3) is 0 Å². The molecule has 4 rings (SSSR count). The van der Waals surface area contributed by atoms with Crippen LogP contribution in [-0.4, -0.2) is 46.5 Å². The van der Waals surface area contributed by atoms with Crippen LogP contribution >= 0.6 is 152 Å². The highest BCUT2D eigenvalue weighted by Gasteiger charge is 2.60. The van der Waals surface area contributed by atoms with E-state index in [4.69, 9.17) is 104 Å².